The normalized spacial score (nSPS) is 15.0. The first-order valence-electron chi connectivity index (χ1n) is 12.4. The number of likely N-dealkylation sites (tertiary alicyclic amines) is 1. The first kappa shape index (κ1) is 25.3. The minimum Gasteiger partial charge on any atom is -0.341 e. The van der Waals surface area contributed by atoms with Gasteiger partial charge in [0.15, 0.2) is 0 Å². The fourth-order valence-electron chi connectivity index (χ4n) is 4.50. The number of hydrogen-bond acceptors (Lipinski definition) is 4. The molecule has 1 N–H and O–H groups in total. The van der Waals surface area contributed by atoms with Crippen molar-refractivity contribution < 1.29 is 4.79 Å². The van der Waals surface area contributed by atoms with Crippen molar-refractivity contribution in [3.05, 3.63) is 32.9 Å². The molecule has 0 saturated carbocycles. The van der Waals surface area contributed by atoms with Crippen LogP contribution in [-0.4, -0.2) is 41.6 Å². The summed E-state index contributed by atoms with van der Waals surface area (Å²) in [6, 6.07) is 5.39. The lowest BCUT2D eigenvalue weighted by Gasteiger charge is -2.32. The van der Waals surface area contributed by atoms with Gasteiger partial charge in [-0.2, -0.15) is 0 Å². The Morgan fingerprint density at radius 1 is 1.09 bits per heavy atom. The van der Waals surface area contributed by atoms with Gasteiger partial charge in [0, 0.05) is 18.1 Å². The number of benzene rings is 1. The molecule has 1 amide bonds. The van der Waals surface area contributed by atoms with E-state index < -0.39 is 0 Å². The van der Waals surface area contributed by atoms with E-state index in [2.05, 4.69) is 12.2 Å². The van der Waals surface area contributed by atoms with Gasteiger partial charge < -0.3 is 10.2 Å². The van der Waals surface area contributed by atoms with Crippen LogP contribution in [0.3, 0.4) is 0 Å². The number of carbonyl (C=O) groups is 1. The lowest BCUT2D eigenvalue weighted by Crippen LogP contribution is -2.42. The van der Waals surface area contributed by atoms with Crippen molar-refractivity contribution in [3.8, 4) is 0 Å². The molecule has 7 heteroatoms. The molecule has 3 rings (SSSR count). The predicted octanol–water partition coefficient (Wildman–Crippen LogP) is 5.69. The molecular formula is C25H38ClN3O2S. The number of aromatic nitrogens is 1. The first-order valence-corrected chi connectivity index (χ1v) is 13.5. The number of nitrogens with zero attached hydrogens (tertiary/aromatic N) is 2. The second-order valence-corrected chi connectivity index (χ2v) is 10.5. The fraction of sp³-hybridized carbons (Fsp3) is 0.680. The molecule has 5 nitrogen and oxygen atoms in total. The van der Waals surface area contributed by atoms with Gasteiger partial charge in [0.2, 0.25) is 5.91 Å². The van der Waals surface area contributed by atoms with Crippen molar-refractivity contribution >= 4 is 39.1 Å². The van der Waals surface area contributed by atoms with Crippen molar-refractivity contribution in [2.45, 2.75) is 77.7 Å². The standard InChI is InChI=1S/C25H38ClN3O2S/c1-2-3-4-5-6-7-8-9-14-27-18-20-12-15-28(16-13-20)24(30)19-29-22-17-21(26)10-11-23(22)32-25(29)31/h10-11,17,20,27H,2-9,12-16,18-19H2,1H3. The molecule has 0 spiro atoms. The highest BCUT2D eigenvalue weighted by Crippen LogP contribution is 2.22. The largest absolute Gasteiger partial charge is 0.341 e. The Morgan fingerprint density at radius 2 is 1.78 bits per heavy atom. The summed E-state index contributed by atoms with van der Waals surface area (Å²) in [5.41, 5.74) is 0.751. The number of amides is 1. The summed E-state index contributed by atoms with van der Waals surface area (Å²) in [6.07, 6.45) is 12.9. The molecule has 2 heterocycles. The van der Waals surface area contributed by atoms with E-state index >= 15 is 0 Å². The number of fused-ring (bicyclic) bond motifs is 1. The Morgan fingerprint density at radius 3 is 2.50 bits per heavy atom. The van der Waals surface area contributed by atoms with Gasteiger partial charge in [-0.3, -0.25) is 14.2 Å². The molecule has 32 heavy (non-hydrogen) atoms. The highest BCUT2D eigenvalue weighted by Gasteiger charge is 2.23. The Bertz CT molecular complexity index is 902. The molecule has 1 saturated heterocycles. The predicted molar refractivity (Wildman–Crippen MR) is 136 cm³/mol. The first-order chi connectivity index (χ1) is 15.6. The molecular weight excluding hydrogens is 442 g/mol. The molecule has 178 valence electrons. The third kappa shape index (κ3) is 7.60. The van der Waals surface area contributed by atoms with Crippen molar-refractivity contribution in [2.75, 3.05) is 26.2 Å². The molecule has 1 fully saturated rings. The van der Waals surface area contributed by atoms with Crippen molar-refractivity contribution in [3.63, 3.8) is 0 Å². The lowest BCUT2D eigenvalue weighted by atomic mass is 9.96. The van der Waals surface area contributed by atoms with Crippen LogP contribution in [0, 0.1) is 5.92 Å². The second kappa shape index (κ2) is 13.4. The van der Waals surface area contributed by atoms with Gasteiger partial charge in [-0.1, -0.05) is 74.8 Å². The number of unbranched alkanes of at least 4 members (excludes halogenated alkanes) is 7. The van der Waals surface area contributed by atoms with Crippen LogP contribution in [0.4, 0.5) is 0 Å². The molecule has 0 aliphatic carbocycles. The third-order valence-corrected chi connectivity index (χ3v) is 7.73. The number of nitrogens with one attached hydrogen (secondary N) is 1. The smallest absolute Gasteiger partial charge is 0.308 e. The number of hydrogen-bond donors (Lipinski definition) is 1. The van der Waals surface area contributed by atoms with E-state index in [1.54, 1.807) is 16.7 Å². The lowest BCUT2D eigenvalue weighted by molar-refractivity contribution is -0.133. The van der Waals surface area contributed by atoms with Crippen LogP contribution >= 0.6 is 22.9 Å². The monoisotopic (exact) mass is 479 g/mol. The topological polar surface area (TPSA) is 54.3 Å². The molecule has 2 aromatic rings. The van der Waals surface area contributed by atoms with E-state index in [1.807, 2.05) is 11.0 Å². The van der Waals surface area contributed by atoms with Gasteiger partial charge in [-0.15, -0.1) is 0 Å². The molecule has 0 radical (unpaired) electrons. The number of carbonyl (C=O) groups excluding carboxylic acids is 1. The quantitative estimate of drug-likeness (QED) is 0.376. The Balaban J connectivity index is 1.31. The highest BCUT2D eigenvalue weighted by atomic mass is 35.5. The Kier molecular flexibility index (Phi) is 10.5. The summed E-state index contributed by atoms with van der Waals surface area (Å²) < 4.78 is 2.43. The minimum atomic E-state index is -0.101. The van der Waals surface area contributed by atoms with Gasteiger partial charge >= 0.3 is 4.87 Å². The summed E-state index contributed by atoms with van der Waals surface area (Å²) in [5.74, 6) is 0.661. The Labute approximate surface area is 201 Å². The number of halogens is 1. The maximum absolute atomic E-state index is 12.8. The zero-order valence-electron chi connectivity index (χ0n) is 19.4. The number of thiazole rings is 1. The molecule has 1 aliphatic rings. The average molecular weight is 480 g/mol. The summed E-state index contributed by atoms with van der Waals surface area (Å²) in [5, 5.41) is 4.20. The Hall–Kier alpha value is -1.37. The zero-order chi connectivity index (χ0) is 22.8. The summed E-state index contributed by atoms with van der Waals surface area (Å²) >= 11 is 7.26. The van der Waals surface area contributed by atoms with Crippen molar-refractivity contribution in [2.24, 2.45) is 5.92 Å². The zero-order valence-corrected chi connectivity index (χ0v) is 21.0. The van der Waals surface area contributed by atoms with E-state index in [0.29, 0.717) is 10.9 Å². The molecule has 0 atom stereocenters. The van der Waals surface area contributed by atoms with E-state index in [9.17, 15) is 9.59 Å². The van der Waals surface area contributed by atoms with Crippen LogP contribution in [-0.2, 0) is 11.3 Å². The van der Waals surface area contributed by atoms with Gasteiger partial charge in [-0.05, 0) is 56.5 Å². The van der Waals surface area contributed by atoms with Crippen LogP contribution in [0.2, 0.25) is 5.02 Å². The van der Waals surface area contributed by atoms with Crippen molar-refractivity contribution in [1.29, 1.82) is 0 Å². The van der Waals surface area contributed by atoms with Gasteiger partial charge in [0.1, 0.15) is 6.54 Å². The van der Waals surface area contributed by atoms with E-state index in [1.165, 1.54) is 62.7 Å². The molecule has 1 aliphatic heterocycles. The average Bonchev–Trinajstić information content (AvgIpc) is 3.09. The van der Waals surface area contributed by atoms with Gasteiger partial charge in [-0.25, -0.2) is 0 Å². The van der Waals surface area contributed by atoms with Crippen LogP contribution in [0.5, 0.6) is 0 Å². The van der Waals surface area contributed by atoms with E-state index in [0.717, 1.165) is 49.2 Å². The van der Waals surface area contributed by atoms with Crippen LogP contribution < -0.4 is 10.2 Å². The van der Waals surface area contributed by atoms with Crippen LogP contribution in [0.1, 0.15) is 71.1 Å². The van der Waals surface area contributed by atoms with E-state index in [4.69, 9.17) is 11.6 Å². The minimum absolute atomic E-state index is 0.0251. The maximum Gasteiger partial charge on any atom is 0.308 e. The summed E-state index contributed by atoms with van der Waals surface area (Å²) in [7, 11) is 0. The highest BCUT2D eigenvalue weighted by molar-refractivity contribution is 7.16. The van der Waals surface area contributed by atoms with Gasteiger partial charge in [0.05, 0.1) is 10.2 Å². The SMILES string of the molecule is CCCCCCCCCCNCC1CCN(C(=O)Cn2c(=O)sc3ccc(Cl)cc32)CC1. The molecule has 1 aromatic carbocycles. The van der Waals surface area contributed by atoms with Crippen molar-refractivity contribution in [1.82, 2.24) is 14.8 Å². The summed E-state index contributed by atoms with van der Waals surface area (Å²) in [6.45, 7) is 6.07. The maximum atomic E-state index is 12.8. The third-order valence-electron chi connectivity index (χ3n) is 6.53. The summed E-state index contributed by atoms with van der Waals surface area (Å²) in [4.78, 5) is 27.0. The van der Waals surface area contributed by atoms with Crippen LogP contribution in [0.25, 0.3) is 10.2 Å². The number of piperidine rings is 1. The molecule has 0 bridgehead atoms. The second-order valence-electron chi connectivity index (χ2n) is 9.07. The molecule has 1 aromatic heterocycles. The van der Waals surface area contributed by atoms with E-state index in [-0.39, 0.29) is 17.3 Å². The van der Waals surface area contributed by atoms with Gasteiger partial charge in [0.25, 0.3) is 0 Å². The number of rotatable bonds is 13. The molecule has 0 unspecified atom stereocenters. The fourth-order valence-corrected chi connectivity index (χ4v) is 5.53. The van der Waals surface area contributed by atoms with Crippen LogP contribution in [0.15, 0.2) is 23.0 Å².